The molecule has 0 fully saturated rings. The first kappa shape index (κ1) is 22.5. The Labute approximate surface area is 194 Å². The maximum atomic E-state index is 12.4. The Kier molecular flexibility index (Phi) is 6.15. The van der Waals surface area contributed by atoms with E-state index in [-0.39, 0.29) is 29.0 Å². The molecule has 170 valence electrons. The van der Waals surface area contributed by atoms with Crippen molar-refractivity contribution in [3.63, 3.8) is 0 Å². The Morgan fingerprint density at radius 3 is 2.27 bits per heavy atom. The van der Waals surface area contributed by atoms with Crippen molar-refractivity contribution in [2.24, 2.45) is 0 Å². The first-order valence-corrected chi connectivity index (χ1v) is 11.3. The van der Waals surface area contributed by atoms with Crippen LogP contribution in [-0.4, -0.2) is 40.2 Å². The third-order valence-electron chi connectivity index (χ3n) is 5.85. The van der Waals surface area contributed by atoms with Gasteiger partial charge in [-0.3, -0.25) is 10.1 Å². The van der Waals surface area contributed by atoms with Gasteiger partial charge in [-0.05, 0) is 35.6 Å². The molecule has 3 aromatic rings. The predicted octanol–water partition coefficient (Wildman–Crippen LogP) is 4.49. The molecule has 1 aliphatic rings. The van der Waals surface area contributed by atoms with Crippen LogP contribution in [0, 0.1) is 0 Å². The summed E-state index contributed by atoms with van der Waals surface area (Å²) < 4.78 is 5.48. The van der Waals surface area contributed by atoms with Crippen LogP contribution < -0.4 is 10.6 Å². The van der Waals surface area contributed by atoms with Gasteiger partial charge in [-0.15, -0.1) is 0 Å². The fraction of sp³-hybridized carbons (Fsp3) is 0.250. The molecule has 1 aliphatic carbocycles. The lowest BCUT2D eigenvalue weighted by molar-refractivity contribution is -0.143. The van der Waals surface area contributed by atoms with E-state index in [9.17, 15) is 19.5 Å². The summed E-state index contributed by atoms with van der Waals surface area (Å²) in [6, 6.07) is 16.1. The number of benzene rings is 2. The molecule has 0 aliphatic heterocycles. The van der Waals surface area contributed by atoms with Crippen LogP contribution in [0.2, 0.25) is 0 Å². The Balaban J connectivity index is 1.38. The van der Waals surface area contributed by atoms with Gasteiger partial charge in [0.25, 0.3) is 5.91 Å². The van der Waals surface area contributed by atoms with Crippen molar-refractivity contribution >= 4 is 34.4 Å². The molecule has 0 spiro atoms. The monoisotopic (exact) mass is 465 g/mol. The van der Waals surface area contributed by atoms with E-state index in [1.807, 2.05) is 36.4 Å². The first-order valence-electron chi connectivity index (χ1n) is 10.5. The molecule has 2 amide bonds. The molecule has 8 nitrogen and oxygen atoms in total. The van der Waals surface area contributed by atoms with Crippen molar-refractivity contribution in [2.75, 3.05) is 11.9 Å². The maximum absolute atomic E-state index is 12.4. The minimum absolute atomic E-state index is 0.0662. The highest BCUT2D eigenvalue weighted by Crippen LogP contribution is 2.44. The van der Waals surface area contributed by atoms with Gasteiger partial charge in [0, 0.05) is 5.92 Å². The van der Waals surface area contributed by atoms with Crippen molar-refractivity contribution in [1.82, 2.24) is 10.3 Å². The summed E-state index contributed by atoms with van der Waals surface area (Å²) in [5, 5.41) is 14.5. The number of carboxylic acid groups (broad SMARTS) is 1. The molecular formula is C24H23N3O5S. The second-order valence-electron chi connectivity index (χ2n) is 7.93. The molecule has 0 bridgehead atoms. The van der Waals surface area contributed by atoms with Gasteiger partial charge in [0.1, 0.15) is 17.0 Å². The second-order valence-corrected chi connectivity index (χ2v) is 8.96. The number of nitrogens with one attached hydrogen (secondary N) is 2. The third kappa shape index (κ3) is 4.45. The maximum Gasteiger partial charge on any atom is 0.413 e. The zero-order valence-corrected chi connectivity index (χ0v) is 18.9. The lowest BCUT2D eigenvalue weighted by Crippen LogP contribution is -2.51. The van der Waals surface area contributed by atoms with Crippen LogP contribution in [0.5, 0.6) is 0 Å². The Hall–Kier alpha value is -3.72. The highest BCUT2D eigenvalue weighted by Gasteiger charge is 2.33. The number of ether oxygens (including phenoxy) is 1. The van der Waals surface area contributed by atoms with Gasteiger partial charge in [0.05, 0.1) is 6.20 Å². The molecule has 9 heteroatoms. The van der Waals surface area contributed by atoms with Crippen LogP contribution in [0.1, 0.15) is 47.0 Å². The third-order valence-corrected chi connectivity index (χ3v) is 6.76. The minimum atomic E-state index is -1.39. The van der Waals surface area contributed by atoms with E-state index < -0.39 is 23.5 Å². The van der Waals surface area contributed by atoms with Crippen LogP contribution in [-0.2, 0) is 9.53 Å². The number of hydrogen-bond acceptors (Lipinski definition) is 6. The van der Waals surface area contributed by atoms with Crippen molar-refractivity contribution in [2.45, 2.75) is 31.7 Å². The number of fused-ring (bicyclic) bond motifs is 3. The zero-order valence-electron chi connectivity index (χ0n) is 18.1. The summed E-state index contributed by atoms with van der Waals surface area (Å²) in [5.41, 5.74) is 3.10. The smallest absolute Gasteiger partial charge is 0.413 e. The van der Waals surface area contributed by atoms with Crippen LogP contribution in [0.4, 0.5) is 9.93 Å². The number of thiazole rings is 1. The summed E-state index contributed by atoms with van der Waals surface area (Å²) in [4.78, 5) is 40.4. The molecule has 2 aromatic carbocycles. The van der Waals surface area contributed by atoms with E-state index in [1.54, 1.807) is 6.92 Å². The largest absolute Gasteiger partial charge is 0.480 e. The van der Waals surface area contributed by atoms with Crippen LogP contribution in [0.3, 0.4) is 0 Å². The molecule has 0 radical (unpaired) electrons. The molecule has 3 N–H and O–H groups in total. The number of amides is 2. The second kappa shape index (κ2) is 9.03. The fourth-order valence-corrected chi connectivity index (χ4v) is 4.46. The quantitative estimate of drug-likeness (QED) is 0.473. The normalized spacial score (nSPS) is 14.0. The lowest BCUT2D eigenvalue weighted by atomic mass is 9.98. The average molecular weight is 466 g/mol. The van der Waals surface area contributed by atoms with Gasteiger partial charge >= 0.3 is 12.1 Å². The number of rotatable bonds is 7. The molecule has 4 rings (SSSR count). The van der Waals surface area contributed by atoms with E-state index in [4.69, 9.17) is 4.74 Å². The molecular weight excluding hydrogens is 442 g/mol. The number of nitrogens with zero attached hydrogens (tertiary/aromatic N) is 1. The molecule has 1 atom stereocenters. The van der Waals surface area contributed by atoms with E-state index in [1.165, 1.54) is 13.1 Å². The van der Waals surface area contributed by atoms with E-state index in [2.05, 4.69) is 27.8 Å². The number of aromatic nitrogens is 1. The summed E-state index contributed by atoms with van der Waals surface area (Å²) in [5.74, 6) is -1.76. The molecule has 1 heterocycles. The summed E-state index contributed by atoms with van der Waals surface area (Å²) in [6.07, 6.45) is 0.830. The van der Waals surface area contributed by atoms with Crippen LogP contribution in [0.15, 0.2) is 54.7 Å². The van der Waals surface area contributed by atoms with Crippen molar-refractivity contribution in [3.05, 3.63) is 70.7 Å². The van der Waals surface area contributed by atoms with Gasteiger partial charge in [-0.25, -0.2) is 14.6 Å². The Morgan fingerprint density at radius 2 is 1.70 bits per heavy atom. The number of carbonyl (C=O) groups is 3. The zero-order chi connectivity index (χ0) is 23.6. The first-order chi connectivity index (χ1) is 15.8. The van der Waals surface area contributed by atoms with Gasteiger partial charge in [0.2, 0.25) is 0 Å². The Morgan fingerprint density at radius 1 is 1.09 bits per heavy atom. The standard InChI is InChI=1S/C24H23N3O5S/c1-3-24(2,21(29)30)27-20(28)19-12-25-22(33-19)26-23(31)32-13-18-16-10-6-4-8-14(16)15-9-5-7-11-17(15)18/h4-12,18H,3,13H2,1-2H3,(H,27,28)(H,29,30)(H,25,26,31). The molecule has 1 unspecified atom stereocenters. The van der Waals surface area contributed by atoms with Gasteiger partial charge < -0.3 is 15.2 Å². The van der Waals surface area contributed by atoms with E-state index in [0.717, 1.165) is 33.6 Å². The topological polar surface area (TPSA) is 118 Å². The number of carboxylic acids is 1. The number of aliphatic carboxylic acids is 1. The van der Waals surface area contributed by atoms with Crippen molar-refractivity contribution in [1.29, 1.82) is 0 Å². The summed E-state index contributed by atoms with van der Waals surface area (Å²) >= 11 is 0.939. The number of anilines is 1. The number of hydrogen-bond donors (Lipinski definition) is 3. The highest BCUT2D eigenvalue weighted by atomic mass is 32.1. The summed E-state index contributed by atoms with van der Waals surface area (Å²) in [6.45, 7) is 3.27. The lowest BCUT2D eigenvalue weighted by Gasteiger charge is -2.23. The predicted molar refractivity (Wildman–Crippen MR) is 125 cm³/mol. The van der Waals surface area contributed by atoms with Gasteiger partial charge in [0.15, 0.2) is 5.13 Å². The number of carbonyl (C=O) groups excluding carboxylic acids is 2. The molecule has 33 heavy (non-hydrogen) atoms. The molecule has 0 saturated carbocycles. The van der Waals surface area contributed by atoms with Crippen molar-refractivity contribution in [3.8, 4) is 11.1 Å². The molecule has 0 saturated heterocycles. The SMILES string of the molecule is CCC(C)(NC(=O)c1cnc(NC(=O)OCC2c3ccccc3-c3ccccc32)s1)C(=O)O. The Bertz CT molecular complexity index is 1180. The molecule has 1 aromatic heterocycles. The van der Waals surface area contributed by atoms with Crippen molar-refractivity contribution < 1.29 is 24.2 Å². The van der Waals surface area contributed by atoms with Gasteiger partial charge in [-0.2, -0.15) is 0 Å². The van der Waals surface area contributed by atoms with Crippen LogP contribution in [0.25, 0.3) is 11.1 Å². The van der Waals surface area contributed by atoms with Gasteiger partial charge in [-0.1, -0.05) is 66.8 Å². The fourth-order valence-electron chi connectivity index (χ4n) is 3.76. The van der Waals surface area contributed by atoms with Crippen LogP contribution >= 0.6 is 11.3 Å². The van der Waals surface area contributed by atoms with E-state index >= 15 is 0 Å². The minimum Gasteiger partial charge on any atom is -0.480 e. The highest BCUT2D eigenvalue weighted by molar-refractivity contribution is 7.17. The summed E-state index contributed by atoms with van der Waals surface area (Å²) in [7, 11) is 0. The average Bonchev–Trinajstić information content (AvgIpc) is 3.40. The van der Waals surface area contributed by atoms with E-state index in [0.29, 0.717) is 0 Å².